The van der Waals surface area contributed by atoms with Crippen LogP contribution in [0, 0.1) is 11.3 Å². The molecular formula is C14H14N4. The second-order valence-corrected chi connectivity index (χ2v) is 4.18. The molecule has 0 aliphatic heterocycles. The Kier molecular flexibility index (Phi) is 3.54. The molecule has 0 bridgehead atoms. The van der Waals surface area contributed by atoms with Crippen LogP contribution in [0.3, 0.4) is 0 Å². The first-order valence-corrected chi connectivity index (χ1v) is 5.65. The van der Waals surface area contributed by atoms with Gasteiger partial charge in [0, 0.05) is 26.0 Å². The van der Waals surface area contributed by atoms with Gasteiger partial charge in [-0.1, -0.05) is 12.1 Å². The molecule has 0 aliphatic rings. The standard InChI is InChI=1S/C14H14N4/c1-18(2)12-5-3-11(4-6-12)13(9-15)14-7-8-16-10-17-14/h3-8,10,13H,1-2H3. The molecule has 0 saturated carbocycles. The summed E-state index contributed by atoms with van der Waals surface area (Å²) in [4.78, 5) is 10.0. The van der Waals surface area contributed by atoms with Gasteiger partial charge in [0.25, 0.3) is 0 Å². The summed E-state index contributed by atoms with van der Waals surface area (Å²) in [6.45, 7) is 0. The third kappa shape index (κ3) is 2.46. The number of hydrogen-bond acceptors (Lipinski definition) is 4. The third-order valence-electron chi connectivity index (χ3n) is 2.77. The zero-order valence-corrected chi connectivity index (χ0v) is 10.4. The Morgan fingerprint density at radius 2 is 1.89 bits per heavy atom. The number of rotatable bonds is 3. The highest BCUT2D eigenvalue weighted by molar-refractivity contribution is 5.48. The Morgan fingerprint density at radius 3 is 2.39 bits per heavy atom. The minimum atomic E-state index is -0.343. The van der Waals surface area contributed by atoms with E-state index in [-0.39, 0.29) is 5.92 Å². The molecule has 2 rings (SSSR count). The van der Waals surface area contributed by atoms with Crippen LogP contribution < -0.4 is 4.90 Å². The van der Waals surface area contributed by atoms with Crippen LogP contribution >= 0.6 is 0 Å². The third-order valence-corrected chi connectivity index (χ3v) is 2.77. The largest absolute Gasteiger partial charge is 0.378 e. The van der Waals surface area contributed by atoms with E-state index >= 15 is 0 Å². The molecular weight excluding hydrogens is 224 g/mol. The first kappa shape index (κ1) is 12.1. The summed E-state index contributed by atoms with van der Waals surface area (Å²) in [5, 5.41) is 9.29. The molecule has 4 heteroatoms. The Labute approximate surface area is 107 Å². The van der Waals surface area contributed by atoms with Gasteiger partial charge < -0.3 is 4.90 Å². The van der Waals surface area contributed by atoms with E-state index < -0.39 is 0 Å². The molecule has 1 unspecified atom stereocenters. The van der Waals surface area contributed by atoms with Gasteiger partial charge in [-0.3, -0.25) is 0 Å². The van der Waals surface area contributed by atoms with E-state index in [1.54, 1.807) is 12.3 Å². The monoisotopic (exact) mass is 238 g/mol. The zero-order valence-electron chi connectivity index (χ0n) is 10.4. The highest BCUT2D eigenvalue weighted by atomic mass is 15.1. The maximum Gasteiger partial charge on any atom is 0.115 e. The van der Waals surface area contributed by atoms with Gasteiger partial charge in [0.15, 0.2) is 0 Å². The van der Waals surface area contributed by atoms with Gasteiger partial charge in [-0.15, -0.1) is 0 Å². The quantitative estimate of drug-likeness (QED) is 0.822. The average Bonchev–Trinajstić information content (AvgIpc) is 2.41. The van der Waals surface area contributed by atoms with Crippen LogP contribution in [-0.2, 0) is 0 Å². The van der Waals surface area contributed by atoms with Crippen LogP contribution in [0.4, 0.5) is 5.69 Å². The van der Waals surface area contributed by atoms with Crippen molar-refractivity contribution in [2.45, 2.75) is 5.92 Å². The minimum Gasteiger partial charge on any atom is -0.378 e. The molecule has 90 valence electrons. The first-order chi connectivity index (χ1) is 8.72. The Morgan fingerprint density at radius 1 is 1.17 bits per heavy atom. The van der Waals surface area contributed by atoms with Gasteiger partial charge in [0.1, 0.15) is 12.2 Å². The van der Waals surface area contributed by atoms with Crippen molar-refractivity contribution < 1.29 is 0 Å². The molecule has 0 amide bonds. The fourth-order valence-corrected chi connectivity index (χ4v) is 1.75. The van der Waals surface area contributed by atoms with Crippen molar-refractivity contribution in [2.24, 2.45) is 0 Å². The summed E-state index contributed by atoms with van der Waals surface area (Å²) in [6.07, 6.45) is 3.12. The lowest BCUT2D eigenvalue weighted by atomic mass is 9.97. The maximum absolute atomic E-state index is 9.29. The van der Waals surface area contributed by atoms with Crippen molar-refractivity contribution in [3.63, 3.8) is 0 Å². The van der Waals surface area contributed by atoms with Crippen LogP contribution in [0.5, 0.6) is 0 Å². The topological polar surface area (TPSA) is 52.8 Å². The van der Waals surface area contributed by atoms with E-state index in [0.29, 0.717) is 0 Å². The Balaban J connectivity index is 2.32. The summed E-state index contributed by atoms with van der Waals surface area (Å²) in [5.41, 5.74) is 2.78. The predicted octanol–water partition coefficient (Wildman–Crippen LogP) is 2.20. The number of anilines is 1. The number of aromatic nitrogens is 2. The lowest BCUT2D eigenvalue weighted by Gasteiger charge is -2.14. The average molecular weight is 238 g/mol. The second kappa shape index (κ2) is 5.28. The second-order valence-electron chi connectivity index (χ2n) is 4.18. The molecule has 1 heterocycles. The smallest absolute Gasteiger partial charge is 0.115 e. The molecule has 4 nitrogen and oxygen atoms in total. The van der Waals surface area contributed by atoms with Crippen LogP contribution in [0.2, 0.25) is 0 Å². The summed E-state index contributed by atoms with van der Waals surface area (Å²) < 4.78 is 0. The van der Waals surface area contributed by atoms with Crippen LogP contribution in [0.1, 0.15) is 17.2 Å². The molecule has 1 aromatic heterocycles. The molecule has 0 radical (unpaired) electrons. The van der Waals surface area contributed by atoms with Crippen molar-refractivity contribution in [1.82, 2.24) is 9.97 Å². The van der Waals surface area contributed by atoms with Gasteiger partial charge in [-0.05, 0) is 23.8 Å². The molecule has 0 saturated heterocycles. The SMILES string of the molecule is CN(C)c1ccc(C(C#N)c2ccncn2)cc1. The summed E-state index contributed by atoms with van der Waals surface area (Å²) in [6, 6.07) is 12.0. The van der Waals surface area contributed by atoms with E-state index in [4.69, 9.17) is 0 Å². The van der Waals surface area contributed by atoms with Crippen molar-refractivity contribution >= 4 is 5.69 Å². The van der Waals surface area contributed by atoms with E-state index in [0.717, 1.165) is 16.9 Å². The number of nitriles is 1. The van der Waals surface area contributed by atoms with E-state index in [1.165, 1.54) is 6.33 Å². The lowest BCUT2D eigenvalue weighted by Crippen LogP contribution is -2.08. The Bertz CT molecular complexity index is 540. The number of benzene rings is 1. The lowest BCUT2D eigenvalue weighted by molar-refractivity contribution is 0.942. The van der Waals surface area contributed by atoms with Crippen LogP contribution in [-0.4, -0.2) is 24.1 Å². The van der Waals surface area contributed by atoms with Gasteiger partial charge >= 0.3 is 0 Å². The van der Waals surface area contributed by atoms with Crippen molar-refractivity contribution in [3.05, 3.63) is 54.1 Å². The van der Waals surface area contributed by atoms with Gasteiger partial charge in [-0.25, -0.2) is 9.97 Å². The molecule has 18 heavy (non-hydrogen) atoms. The van der Waals surface area contributed by atoms with Crippen LogP contribution in [0.15, 0.2) is 42.9 Å². The minimum absolute atomic E-state index is 0.343. The fraction of sp³-hybridized carbons (Fsp3) is 0.214. The van der Waals surface area contributed by atoms with E-state index in [1.807, 2.05) is 43.3 Å². The van der Waals surface area contributed by atoms with E-state index in [2.05, 4.69) is 16.0 Å². The van der Waals surface area contributed by atoms with Gasteiger partial charge in [0.2, 0.25) is 0 Å². The normalized spacial score (nSPS) is 11.6. The number of nitrogens with zero attached hydrogens (tertiary/aromatic N) is 4. The summed E-state index contributed by atoms with van der Waals surface area (Å²) in [5.74, 6) is -0.343. The van der Waals surface area contributed by atoms with Crippen molar-refractivity contribution in [2.75, 3.05) is 19.0 Å². The van der Waals surface area contributed by atoms with Crippen molar-refractivity contribution in [1.29, 1.82) is 5.26 Å². The van der Waals surface area contributed by atoms with E-state index in [9.17, 15) is 5.26 Å². The first-order valence-electron chi connectivity index (χ1n) is 5.65. The number of hydrogen-bond donors (Lipinski definition) is 0. The molecule has 0 N–H and O–H groups in total. The fourth-order valence-electron chi connectivity index (χ4n) is 1.75. The molecule has 2 aromatic rings. The van der Waals surface area contributed by atoms with Gasteiger partial charge in [0.05, 0.1) is 11.8 Å². The maximum atomic E-state index is 9.29. The predicted molar refractivity (Wildman–Crippen MR) is 70.3 cm³/mol. The molecule has 1 aromatic carbocycles. The highest BCUT2D eigenvalue weighted by Crippen LogP contribution is 2.23. The summed E-state index contributed by atoms with van der Waals surface area (Å²) >= 11 is 0. The highest BCUT2D eigenvalue weighted by Gasteiger charge is 2.14. The molecule has 0 aliphatic carbocycles. The molecule has 0 fully saturated rings. The van der Waals surface area contributed by atoms with Crippen LogP contribution in [0.25, 0.3) is 0 Å². The molecule has 1 atom stereocenters. The zero-order chi connectivity index (χ0) is 13.0. The molecule has 0 spiro atoms. The Hall–Kier alpha value is -2.41. The summed E-state index contributed by atoms with van der Waals surface area (Å²) in [7, 11) is 3.97. The van der Waals surface area contributed by atoms with Gasteiger partial charge in [-0.2, -0.15) is 5.26 Å². The van der Waals surface area contributed by atoms with Crippen molar-refractivity contribution in [3.8, 4) is 6.07 Å².